The third-order valence-corrected chi connectivity index (χ3v) is 3.37. The largest absolute Gasteiger partial charge is 0.370 e. The van der Waals surface area contributed by atoms with E-state index in [0.717, 1.165) is 12.8 Å². The number of nitrogens with two attached hydrogens (primary N) is 2. The first-order valence-electron chi connectivity index (χ1n) is 6.94. The Balaban J connectivity index is 4.15. The van der Waals surface area contributed by atoms with Crippen LogP contribution in [0.1, 0.15) is 53.4 Å². The van der Waals surface area contributed by atoms with E-state index < -0.39 is 5.91 Å². The highest BCUT2D eigenvalue weighted by molar-refractivity contribution is 5.78. The van der Waals surface area contributed by atoms with Gasteiger partial charge in [-0.1, -0.05) is 20.8 Å². The van der Waals surface area contributed by atoms with E-state index in [2.05, 4.69) is 26.1 Å². The summed E-state index contributed by atoms with van der Waals surface area (Å²) in [5.74, 6) is -0.00165. The van der Waals surface area contributed by atoms with Gasteiger partial charge in [0, 0.05) is 18.9 Å². The van der Waals surface area contributed by atoms with Crippen molar-refractivity contribution in [1.29, 1.82) is 0 Å². The Morgan fingerprint density at radius 2 is 1.79 bits per heavy atom. The summed E-state index contributed by atoms with van der Waals surface area (Å²) in [5.41, 5.74) is 10.9. The zero-order valence-corrected chi connectivity index (χ0v) is 12.7. The van der Waals surface area contributed by atoms with Crippen molar-refractivity contribution in [3.8, 4) is 0 Å². The Bertz CT molecular complexity index is 298. The second-order valence-electron chi connectivity index (χ2n) is 6.32. The highest BCUT2D eigenvalue weighted by Crippen LogP contribution is 2.31. The first-order chi connectivity index (χ1) is 8.66. The Morgan fingerprint density at radius 1 is 1.21 bits per heavy atom. The van der Waals surface area contributed by atoms with Crippen molar-refractivity contribution < 1.29 is 9.59 Å². The summed E-state index contributed by atoms with van der Waals surface area (Å²) in [5, 5.41) is 2.79. The topological polar surface area (TPSA) is 98.2 Å². The van der Waals surface area contributed by atoms with Crippen LogP contribution in [0, 0.1) is 11.3 Å². The maximum atomic E-state index is 11.8. The molecule has 0 aliphatic rings. The number of amides is 2. The average molecular weight is 271 g/mol. The summed E-state index contributed by atoms with van der Waals surface area (Å²) in [6.45, 7) is 8.92. The lowest BCUT2D eigenvalue weighted by molar-refractivity contribution is -0.122. The number of primary amides is 1. The SMILES string of the molecule is CC(CC(N)=O)NC(=O)CCC(CCN)C(C)(C)C. The molecule has 0 saturated heterocycles. The maximum Gasteiger partial charge on any atom is 0.220 e. The van der Waals surface area contributed by atoms with Crippen LogP contribution in [0.3, 0.4) is 0 Å². The van der Waals surface area contributed by atoms with Crippen molar-refractivity contribution in [2.75, 3.05) is 6.54 Å². The van der Waals surface area contributed by atoms with Crippen molar-refractivity contribution in [2.45, 2.75) is 59.4 Å². The molecule has 0 aromatic carbocycles. The van der Waals surface area contributed by atoms with Crippen molar-refractivity contribution >= 4 is 11.8 Å². The molecule has 0 aromatic heterocycles. The van der Waals surface area contributed by atoms with E-state index in [-0.39, 0.29) is 23.8 Å². The molecule has 0 aromatic rings. The Morgan fingerprint density at radius 3 is 2.21 bits per heavy atom. The van der Waals surface area contributed by atoms with Crippen LogP contribution in [0.2, 0.25) is 0 Å². The lowest BCUT2D eigenvalue weighted by Crippen LogP contribution is -2.36. The number of rotatable bonds is 8. The van der Waals surface area contributed by atoms with E-state index in [9.17, 15) is 9.59 Å². The van der Waals surface area contributed by atoms with Crippen LogP contribution in [0.15, 0.2) is 0 Å². The fraction of sp³-hybridized carbons (Fsp3) is 0.857. The smallest absolute Gasteiger partial charge is 0.220 e. The van der Waals surface area contributed by atoms with E-state index in [1.165, 1.54) is 0 Å². The van der Waals surface area contributed by atoms with Crippen LogP contribution in [-0.2, 0) is 9.59 Å². The molecule has 5 heteroatoms. The molecule has 0 rings (SSSR count). The number of hydrogen-bond donors (Lipinski definition) is 3. The normalized spacial score (nSPS) is 14.8. The molecule has 5 nitrogen and oxygen atoms in total. The highest BCUT2D eigenvalue weighted by atomic mass is 16.2. The summed E-state index contributed by atoms with van der Waals surface area (Å²) in [6, 6.07) is -0.201. The van der Waals surface area contributed by atoms with Crippen LogP contribution >= 0.6 is 0 Å². The van der Waals surface area contributed by atoms with E-state index >= 15 is 0 Å². The Hall–Kier alpha value is -1.10. The number of hydrogen-bond acceptors (Lipinski definition) is 3. The van der Waals surface area contributed by atoms with Gasteiger partial charge in [-0.15, -0.1) is 0 Å². The third-order valence-electron chi connectivity index (χ3n) is 3.37. The van der Waals surface area contributed by atoms with Gasteiger partial charge in [0.25, 0.3) is 0 Å². The number of carbonyl (C=O) groups is 2. The lowest BCUT2D eigenvalue weighted by atomic mass is 9.76. The quantitative estimate of drug-likeness (QED) is 0.617. The van der Waals surface area contributed by atoms with Gasteiger partial charge in [0.15, 0.2) is 0 Å². The predicted octanol–water partition coefficient (Wildman–Crippen LogP) is 1.16. The van der Waals surface area contributed by atoms with Gasteiger partial charge in [-0.25, -0.2) is 0 Å². The molecule has 0 heterocycles. The third kappa shape index (κ3) is 8.59. The highest BCUT2D eigenvalue weighted by Gasteiger charge is 2.24. The molecule has 0 saturated carbocycles. The Kier molecular flexibility index (Phi) is 7.68. The average Bonchev–Trinajstić information content (AvgIpc) is 2.20. The summed E-state index contributed by atoms with van der Waals surface area (Å²) < 4.78 is 0. The van der Waals surface area contributed by atoms with Crippen LogP contribution in [0.4, 0.5) is 0 Å². The molecule has 0 bridgehead atoms. The van der Waals surface area contributed by atoms with Gasteiger partial charge in [0.05, 0.1) is 0 Å². The second-order valence-corrected chi connectivity index (χ2v) is 6.32. The van der Waals surface area contributed by atoms with E-state index in [1.54, 1.807) is 6.92 Å². The van der Waals surface area contributed by atoms with Gasteiger partial charge in [-0.2, -0.15) is 0 Å². The molecule has 2 amide bonds. The van der Waals surface area contributed by atoms with Crippen molar-refractivity contribution in [1.82, 2.24) is 5.32 Å². The van der Waals surface area contributed by atoms with Gasteiger partial charge >= 0.3 is 0 Å². The lowest BCUT2D eigenvalue weighted by Gasteiger charge is -2.30. The van der Waals surface area contributed by atoms with Gasteiger partial charge in [0.2, 0.25) is 11.8 Å². The van der Waals surface area contributed by atoms with Crippen LogP contribution in [0.5, 0.6) is 0 Å². The van der Waals surface area contributed by atoms with Crippen molar-refractivity contribution in [2.24, 2.45) is 22.8 Å². The molecule has 0 aliphatic carbocycles. The van der Waals surface area contributed by atoms with E-state index in [1.807, 2.05) is 0 Å². The molecule has 2 unspecified atom stereocenters. The fourth-order valence-corrected chi connectivity index (χ4v) is 2.22. The second kappa shape index (κ2) is 8.15. The fourth-order valence-electron chi connectivity index (χ4n) is 2.22. The molecule has 112 valence electrons. The maximum absolute atomic E-state index is 11.8. The molecule has 19 heavy (non-hydrogen) atoms. The number of nitrogens with one attached hydrogen (secondary N) is 1. The molecule has 0 aliphatic heterocycles. The van der Waals surface area contributed by atoms with Crippen LogP contribution in [0.25, 0.3) is 0 Å². The van der Waals surface area contributed by atoms with Crippen LogP contribution < -0.4 is 16.8 Å². The first-order valence-corrected chi connectivity index (χ1v) is 6.94. The molecule has 0 spiro atoms. The van der Waals surface area contributed by atoms with Crippen molar-refractivity contribution in [3.63, 3.8) is 0 Å². The van der Waals surface area contributed by atoms with E-state index in [0.29, 0.717) is 18.9 Å². The molecule has 5 N–H and O–H groups in total. The molecular formula is C14H29N3O2. The van der Waals surface area contributed by atoms with Crippen LogP contribution in [-0.4, -0.2) is 24.4 Å². The monoisotopic (exact) mass is 271 g/mol. The van der Waals surface area contributed by atoms with Gasteiger partial charge in [-0.05, 0) is 37.6 Å². The zero-order valence-electron chi connectivity index (χ0n) is 12.7. The molecule has 0 radical (unpaired) electrons. The summed E-state index contributed by atoms with van der Waals surface area (Å²) in [7, 11) is 0. The summed E-state index contributed by atoms with van der Waals surface area (Å²) >= 11 is 0. The predicted molar refractivity (Wildman–Crippen MR) is 77.3 cm³/mol. The van der Waals surface area contributed by atoms with Gasteiger partial charge < -0.3 is 16.8 Å². The van der Waals surface area contributed by atoms with Gasteiger partial charge in [0.1, 0.15) is 0 Å². The zero-order chi connectivity index (χ0) is 15.1. The standard InChI is InChI=1S/C14H29N3O2/c1-10(9-12(16)18)17-13(19)6-5-11(7-8-15)14(2,3)4/h10-11H,5-9,15H2,1-4H3,(H2,16,18)(H,17,19). The van der Waals surface area contributed by atoms with Gasteiger partial charge in [-0.3, -0.25) is 9.59 Å². The minimum absolute atomic E-state index is 0.0278. The molecule has 2 atom stereocenters. The molecular weight excluding hydrogens is 242 g/mol. The van der Waals surface area contributed by atoms with Crippen molar-refractivity contribution in [3.05, 3.63) is 0 Å². The number of carbonyl (C=O) groups excluding carboxylic acids is 2. The first kappa shape index (κ1) is 17.9. The summed E-state index contributed by atoms with van der Waals surface area (Å²) in [4.78, 5) is 22.5. The minimum atomic E-state index is -0.400. The van der Waals surface area contributed by atoms with E-state index in [4.69, 9.17) is 11.5 Å². The summed E-state index contributed by atoms with van der Waals surface area (Å²) in [6.07, 6.45) is 2.38. The minimum Gasteiger partial charge on any atom is -0.370 e. The molecule has 0 fully saturated rings. The Labute approximate surface area is 116 Å².